The van der Waals surface area contributed by atoms with Crippen LogP contribution in [0.15, 0.2) is 6.07 Å². The molecule has 1 aromatic rings. The lowest BCUT2D eigenvalue weighted by Crippen LogP contribution is -1.98. The van der Waals surface area contributed by atoms with Gasteiger partial charge in [0.25, 0.3) is 0 Å². The number of hydrogen-bond donors (Lipinski definition) is 1. The Morgan fingerprint density at radius 1 is 1.75 bits per heavy atom. The third-order valence-electron chi connectivity index (χ3n) is 1.63. The number of carbonyl (C=O) groups is 1. The summed E-state index contributed by atoms with van der Waals surface area (Å²) in [6.45, 7) is 2.42. The van der Waals surface area contributed by atoms with Gasteiger partial charge in [0, 0.05) is 11.4 Å². The molecule has 0 atom stereocenters. The second-order valence-corrected chi connectivity index (χ2v) is 3.64. The highest BCUT2D eigenvalue weighted by Gasteiger charge is 2.10. The average Bonchev–Trinajstić information content (AvgIpc) is 2.45. The maximum absolute atomic E-state index is 11.0. The van der Waals surface area contributed by atoms with Gasteiger partial charge < -0.3 is 10.5 Å². The normalized spacial score (nSPS) is 9.92. The van der Waals surface area contributed by atoms with Crippen molar-refractivity contribution in [1.82, 2.24) is 0 Å². The van der Waals surface area contributed by atoms with Gasteiger partial charge in [-0.05, 0) is 18.6 Å². The van der Waals surface area contributed by atoms with E-state index >= 15 is 0 Å². The van der Waals surface area contributed by atoms with Gasteiger partial charge in [-0.2, -0.15) is 0 Å². The summed E-state index contributed by atoms with van der Waals surface area (Å²) in [6, 6.07) is 1.78. The molecule has 4 heteroatoms. The zero-order valence-corrected chi connectivity index (χ0v) is 7.90. The van der Waals surface area contributed by atoms with Crippen molar-refractivity contribution in [2.24, 2.45) is 5.73 Å². The molecule has 12 heavy (non-hydrogen) atoms. The van der Waals surface area contributed by atoms with Crippen molar-refractivity contribution < 1.29 is 9.53 Å². The van der Waals surface area contributed by atoms with Gasteiger partial charge in [0.15, 0.2) is 0 Å². The van der Waals surface area contributed by atoms with Crippen LogP contribution in [0.4, 0.5) is 0 Å². The Hall–Kier alpha value is -0.870. The van der Waals surface area contributed by atoms with E-state index in [0.717, 1.165) is 10.4 Å². The first-order chi connectivity index (χ1) is 5.69. The molecule has 0 unspecified atom stereocenters. The molecule has 0 saturated heterocycles. The first kappa shape index (κ1) is 9.22. The Kier molecular flexibility index (Phi) is 2.83. The zero-order valence-electron chi connectivity index (χ0n) is 7.09. The minimum absolute atomic E-state index is 0.289. The van der Waals surface area contributed by atoms with Crippen molar-refractivity contribution in [2.75, 3.05) is 7.11 Å². The molecule has 0 aliphatic carbocycles. The van der Waals surface area contributed by atoms with Crippen molar-refractivity contribution in [3.05, 3.63) is 21.4 Å². The maximum Gasteiger partial charge on any atom is 0.348 e. The van der Waals surface area contributed by atoms with E-state index in [2.05, 4.69) is 4.74 Å². The van der Waals surface area contributed by atoms with E-state index in [1.165, 1.54) is 18.4 Å². The fourth-order valence-electron chi connectivity index (χ4n) is 0.924. The Morgan fingerprint density at radius 3 is 2.83 bits per heavy atom. The molecular formula is C8H11NO2S. The number of hydrogen-bond acceptors (Lipinski definition) is 4. The summed E-state index contributed by atoms with van der Waals surface area (Å²) >= 11 is 1.42. The summed E-state index contributed by atoms with van der Waals surface area (Å²) < 4.78 is 4.58. The highest BCUT2D eigenvalue weighted by molar-refractivity contribution is 7.14. The van der Waals surface area contributed by atoms with Crippen LogP contribution in [0.1, 0.15) is 20.1 Å². The molecule has 0 aliphatic heterocycles. The Bertz CT molecular complexity index is 293. The van der Waals surface area contributed by atoms with E-state index in [4.69, 9.17) is 5.73 Å². The monoisotopic (exact) mass is 185 g/mol. The number of methoxy groups -OCH3 is 1. The molecule has 0 bridgehead atoms. The molecular weight excluding hydrogens is 174 g/mol. The number of aryl methyl sites for hydroxylation is 1. The van der Waals surface area contributed by atoms with Crippen LogP contribution in [-0.4, -0.2) is 13.1 Å². The summed E-state index contributed by atoms with van der Waals surface area (Å²) in [4.78, 5) is 12.7. The molecule has 1 heterocycles. The number of ether oxygens (including phenoxy) is 1. The Labute approximate surface area is 75.1 Å². The van der Waals surface area contributed by atoms with Gasteiger partial charge in [0.1, 0.15) is 4.88 Å². The van der Waals surface area contributed by atoms with Gasteiger partial charge in [-0.25, -0.2) is 4.79 Å². The third kappa shape index (κ3) is 1.65. The van der Waals surface area contributed by atoms with Crippen molar-refractivity contribution in [3.8, 4) is 0 Å². The van der Waals surface area contributed by atoms with Crippen molar-refractivity contribution in [3.63, 3.8) is 0 Å². The van der Waals surface area contributed by atoms with Crippen LogP contribution in [-0.2, 0) is 11.3 Å². The average molecular weight is 185 g/mol. The van der Waals surface area contributed by atoms with Gasteiger partial charge in [-0.3, -0.25) is 0 Å². The molecule has 0 aromatic carbocycles. The smallest absolute Gasteiger partial charge is 0.348 e. The quantitative estimate of drug-likeness (QED) is 0.706. The van der Waals surface area contributed by atoms with Crippen LogP contribution >= 0.6 is 11.3 Å². The predicted molar refractivity (Wildman–Crippen MR) is 48.3 cm³/mol. The molecule has 0 radical (unpaired) electrons. The fraction of sp³-hybridized carbons (Fsp3) is 0.375. The summed E-state index contributed by atoms with van der Waals surface area (Å²) in [7, 11) is 1.37. The molecule has 1 rings (SSSR count). The number of carbonyl (C=O) groups excluding carboxylic acids is 1. The lowest BCUT2D eigenvalue weighted by Gasteiger charge is -1.91. The van der Waals surface area contributed by atoms with E-state index in [9.17, 15) is 4.79 Å². The predicted octanol–water partition coefficient (Wildman–Crippen LogP) is 1.30. The van der Waals surface area contributed by atoms with Crippen LogP contribution in [0.2, 0.25) is 0 Å². The largest absolute Gasteiger partial charge is 0.465 e. The number of rotatable bonds is 2. The summed E-state index contributed by atoms with van der Waals surface area (Å²) in [5, 5.41) is 0. The minimum atomic E-state index is -0.289. The summed E-state index contributed by atoms with van der Waals surface area (Å²) in [6.07, 6.45) is 0. The Morgan fingerprint density at radius 2 is 2.42 bits per heavy atom. The van der Waals surface area contributed by atoms with Crippen LogP contribution < -0.4 is 5.73 Å². The van der Waals surface area contributed by atoms with E-state index in [0.29, 0.717) is 11.4 Å². The molecule has 2 N–H and O–H groups in total. The van der Waals surface area contributed by atoms with Gasteiger partial charge >= 0.3 is 5.97 Å². The highest BCUT2D eigenvalue weighted by Crippen LogP contribution is 2.21. The zero-order chi connectivity index (χ0) is 9.14. The van der Waals surface area contributed by atoms with E-state index in [1.807, 2.05) is 6.92 Å². The lowest BCUT2D eigenvalue weighted by molar-refractivity contribution is 0.0606. The lowest BCUT2D eigenvalue weighted by atomic mass is 10.2. The third-order valence-corrected chi connectivity index (χ3v) is 2.70. The standard InChI is InChI=1S/C8H11NO2S/c1-5-6(4-9)3-7(12-5)8(10)11-2/h3H,4,9H2,1-2H3. The molecule has 0 amide bonds. The summed E-state index contributed by atoms with van der Waals surface area (Å²) in [5.41, 5.74) is 6.47. The van der Waals surface area contributed by atoms with Gasteiger partial charge in [-0.15, -0.1) is 11.3 Å². The number of esters is 1. The summed E-state index contributed by atoms with van der Waals surface area (Å²) in [5.74, 6) is -0.289. The van der Waals surface area contributed by atoms with Crippen molar-refractivity contribution in [1.29, 1.82) is 0 Å². The van der Waals surface area contributed by atoms with Crippen LogP contribution in [0.25, 0.3) is 0 Å². The number of nitrogens with two attached hydrogens (primary N) is 1. The van der Waals surface area contributed by atoms with E-state index in [1.54, 1.807) is 6.07 Å². The molecule has 0 saturated carbocycles. The van der Waals surface area contributed by atoms with E-state index < -0.39 is 0 Å². The minimum Gasteiger partial charge on any atom is -0.465 e. The van der Waals surface area contributed by atoms with Gasteiger partial charge in [0.05, 0.1) is 7.11 Å². The van der Waals surface area contributed by atoms with Crippen LogP contribution in [0, 0.1) is 6.92 Å². The van der Waals surface area contributed by atoms with Crippen LogP contribution in [0.3, 0.4) is 0 Å². The molecule has 3 nitrogen and oxygen atoms in total. The van der Waals surface area contributed by atoms with Gasteiger partial charge in [0.2, 0.25) is 0 Å². The molecule has 0 spiro atoms. The first-order valence-corrected chi connectivity index (χ1v) is 4.38. The molecule has 0 fully saturated rings. The molecule has 0 aliphatic rings. The SMILES string of the molecule is COC(=O)c1cc(CN)c(C)s1. The fourth-order valence-corrected chi connectivity index (χ4v) is 1.89. The maximum atomic E-state index is 11.0. The van der Waals surface area contributed by atoms with Crippen molar-refractivity contribution >= 4 is 17.3 Å². The first-order valence-electron chi connectivity index (χ1n) is 3.56. The second kappa shape index (κ2) is 3.69. The van der Waals surface area contributed by atoms with E-state index in [-0.39, 0.29) is 5.97 Å². The topological polar surface area (TPSA) is 52.3 Å². The van der Waals surface area contributed by atoms with Crippen LogP contribution in [0.5, 0.6) is 0 Å². The highest BCUT2D eigenvalue weighted by atomic mass is 32.1. The molecule has 66 valence electrons. The second-order valence-electron chi connectivity index (χ2n) is 2.39. The molecule has 1 aromatic heterocycles. The van der Waals surface area contributed by atoms with Gasteiger partial charge in [-0.1, -0.05) is 0 Å². The number of thiophene rings is 1. The Balaban J connectivity index is 2.96. The van der Waals surface area contributed by atoms with Crippen molar-refractivity contribution in [2.45, 2.75) is 13.5 Å².